The van der Waals surface area contributed by atoms with Crippen molar-refractivity contribution in [3.63, 3.8) is 0 Å². The summed E-state index contributed by atoms with van der Waals surface area (Å²) in [6.07, 6.45) is 15.3. The Kier molecular flexibility index (Phi) is 5.06. The van der Waals surface area contributed by atoms with Gasteiger partial charge in [0, 0.05) is 12.0 Å². The van der Waals surface area contributed by atoms with Gasteiger partial charge in [0.2, 0.25) is 0 Å². The maximum absolute atomic E-state index is 12.3. The summed E-state index contributed by atoms with van der Waals surface area (Å²) in [6, 6.07) is 0. The van der Waals surface area contributed by atoms with Crippen molar-refractivity contribution in [2.45, 2.75) is 89.0 Å². The smallest absolute Gasteiger partial charge is 0.306 e. The molecule has 5 saturated carbocycles. The SMILES string of the molecule is O=C(COC(=O)CCC1CCCCC1)NC12CC3CC(CC(C3)C1)C2. The number of ether oxygens (including phenoxy) is 1. The minimum Gasteiger partial charge on any atom is -0.456 e. The Hall–Kier alpha value is -1.06. The van der Waals surface area contributed by atoms with Gasteiger partial charge in [0.15, 0.2) is 6.61 Å². The molecule has 0 aromatic carbocycles. The Balaban J connectivity index is 1.18. The first-order valence-electron chi connectivity index (χ1n) is 10.6. The largest absolute Gasteiger partial charge is 0.456 e. The highest BCUT2D eigenvalue weighted by Gasteiger charge is 2.51. The van der Waals surface area contributed by atoms with Crippen LogP contribution in [0, 0.1) is 23.7 Å². The molecule has 0 spiro atoms. The summed E-state index contributed by atoms with van der Waals surface area (Å²) in [5.41, 5.74) is 0.0142. The zero-order chi connectivity index (χ0) is 17.3. The Morgan fingerprint density at radius 3 is 2.12 bits per heavy atom. The molecule has 0 heterocycles. The van der Waals surface area contributed by atoms with Crippen LogP contribution in [0.5, 0.6) is 0 Å². The molecule has 5 aliphatic rings. The number of esters is 1. The van der Waals surface area contributed by atoms with Crippen LogP contribution in [0.15, 0.2) is 0 Å². The first-order chi connectivity index (χ1) is 12.1. The van der Waals surface area contributed by atoms with E-state index in [1.54, 1.807) is 0 Å². The predicted molar refractivity (Wildman–Crippen MR) is 95.8 cm³/mol. The molecule has 0 radical (unpaired) electrons. The zero-order valence-corrected chi connectivity index (χ0v) is 15.4. The minimum atomic E-state index is -0.203. The lowest BCUT2D eigenvalue weighted by Gasteiger charge is -2.56. The molecule has 140 valence electrons. The normalized spacial score (nSPS) is 37.0. The number of rotatable bonds is 6. The second-order valence-electron chi connectivity index (χ2n) is 9.45. The van der Waals surface area contributed by atoms with Gasteiger partial charge in [0.25, 0.3) is 5.91 Å². The van der Waals surface area contributed by atoms with Crippen molar-refractivity contribution in [2.75, 3.05) is 6.61 Å². The fraction of sp³-hybridized carbons (Fsp3) is 0.905. The summed E-state index contributed by atoms with van der Waals surface area (Å²) in [5.74, 6) is 2.82. The van der Waals surface area contributed by atoms with Crippen molar-refractivity contribution in [3.05, 3.63) is 0 Å². The number of carbonyl (C=O) groups is 2. The van der Waals surface area contributed by atoms with E-state index >= 15 is 0 Å². The van der Waals surface area contributed by atoms with Gasteiger partial charge in [-0.3, -0.25) is 9.59 Å². The van der Waals surface area contributed by atoms with E-state index < -0.39 is 0 Å². The standard InChI is InChI=1S/C21H33NO3/c23-19(14-25-20(24)7-6-15-4-2-1-3-5-15)22-21-11-16-8-17(12-21)10-18(9-16)13-21/h15-18H,1-14H2,(H,22,23). The molecule has 0 aromatic rings. The van der Waals surface area contributed by atoms with Crippen molar-refractivity contribution >= 4 is 11.9 Å². The molecule has 4 heteroatoms. The first kappa shape index (κ1) is 17.4. The molecule has 0 unspecified atom stereocenters. The topological polar surface area (TPSA) is 55.4 Å². The van der Waals surface area contributed by atoms with Crippen molar-refractivity contribution in [3.8, 4) is 0 Å². The van der Waals surface area contributed by atoms with Gasteiger partial charge in [-0.1, -0.05) is 32.1 Å². The highest BCUT2D eigenvalue weighted by molar-refractivity contribution is 5.81. The third-order valence-corrected chi connectivity index (χ3v) is 7.29. The number of nitrogens with one attached hydrogen (secondary N) is 1. The maximum atomic E-state index is 12.3. The number of amides is 1. The van der Waals surface area contributed by atoms with Crippen LogP contribution in [-0.4, -0.2) is 24.0 Å². The van der Waals surface area contributed by atoms with E-state index in [0.717, 1.165) is 43.4 Å². The van der Waals surface area contributed by atoms with E-state index in [-0.39, 0.29) is 24.0 Å². The predicted octanol–water partition coefficient (Wildman–Crippen LogP) is 3.98. The van der Waals surface area contributed by atoms with Crippen LogP contribution in [-0.2, 0) is 14.3 Å². The van der Waals surface area contributed by atoms with Crippen molar-refractivity contribution in [1.29, 1.82) is 0 Å². The second-order valence-corrected chi connectivity index (χ2v) is 9.45. The molecule has 4 bridgehead atoms. The Morgan fingerprint density at radius 2 is 1.52 bits per heavy atom. The third kappa shape index (κ3) is 4.20. The van der Waals surface area contributed by atoms with Crippen LogP contribution >= 0.6 is 0 Å². The van der Waals surface area contributed by atoms with Gasteiger partial charge >= 0.3 is 5.97 Å². The average molecular weight is 347 g/mol. The molecule has 0 aliphatic heterocycles. The fourth-order valence-corrected chi connectivity index (χ4v) is 6.61. The van der Waals surface area contributed by atoms with E-state index in [1.165, 1.54) is 51.4 Å². The summed E-state index contributed by atoms with van der Waals surface area (Å²) in [5, 5.41) is 3.27. The number of carbonyl (C=O) groups excluding carboxylic acids is 2. The fourth-order valence-electron chi connectivity index (χ4n) is 6.61. The van der Waals surface area contributed by atoms with E-state index in [0.29, 0.717) is 12.3 Å². The molecule has 0 atom stereocenters. The summed E-state index contributed by atoms with van der Waals surface area (Å²) >= 11 is 0. The molecule has 0 aromatic heterocycles. The molecule has 1 amide bonds. The third-order valence-electron chi connectivity index (χ3n) is 7.29. The molecule has 0 saturated heterocycles. The van der Waals surface area contributed by atoms with Crippen LogP contribution in [0.25, 0.3) is 0 Å². The Bertz CT molecular complexity index is 474. The molecule has 25 heavy (non-hydrogen) atoms. The monoisotopic (exact) mass is 347 g/mol. The van der Waals surface area contributed by atoms with Gasteiger partial charge in [-0.25, -0.2) is 0 Å². The van der Waals surface area contributed by atoms with Gasteiger partial charge in [-0.15, -0.1) is 0 Å². The lowest BCUT2D eigenvalue weighted by atomic mass is 9.53. The van der Waals surface area contributed by atoms with Crippen LogP contribution in [0.1, 0.15) is 83.5 Å². The second kappa shape index (κ2) is 7.28. The molecule has 5 fully saturated rings. The van der Waals surface area contributed by atoms with Gasteiger partial charge < -0.3 is 10.1 Å². The quantitative estimate of drug-likeness (QED) is 0.740. The van der Waals surface area contributed by atoms with Crippen LogP contribution < -0.4 is 5.32 Å². The lowest BCUT2D eigenvalue weighted by molar-refractivity contribution is -0.150. The molecule has 1 N–H and O–H groups in total. The zero-order valence-electron chi connectivity index (χ0n) is 15.4. The van der Waals surface area contributed by atoms with E-state index in [4.69, 9.17) is 4.74 Å². The lowest BCUT2D eigenvalue weighted by Crippen LogP contribution is -2.60. The van der Waals surface area contributed by atoms with Crippen LogP contribution in [0.4, 0.5) is 0 Å². The first-order valence-corrected chi connectivity index (χ1v) is 10.6. The van der Waals surface area contributed by atoms with E-state index in [9.17, 15) is 9.59 Å². The van der Waals surface area contributed by atoms with Gasteiger partial charge in [0.1, 0.15) is 0 Å². The minimum absolute atomic E-state index is 0.0142. The highest BCUT2D eigenvalue weighted by atomic mass is 16.5. The summed E-state index contributed by atoms with van der Waals surface area (Å²) in [6.45, 7) is -0.0920. The highest BCUT2D eigenvalue weighted by Crippen LogP contribution is 2.55. The number of hydrogen-bond donors (Lipinski definition) is 1. The number of hydrogen-bond acceptors (Lipinski definition) is 3. The average Bonchev–Trinajstić information content (AvgIpc) is 2.57. The maximum Gasteiger partial charge on any atom is 0.306 e. The Morgan fingerprint density at radius 1 is 0.920 bits per heavy atom. The molecular weight excluding hydrogens is 314 g/mol. The van der Waals surface area contributed by atoms with Crippen molar-refractivity contribution in [1.82, 2.24) is 5.32 Å². The van der Waals surface area contributed by atoms with Crippen molar-refractivity contribution in [2.24, 2.45) is 23.7 Å². The molecular formula is C21H33NO3. The van der Waals surface area contributed by atoms with Gasteiger partial charge in [-0.2, -0.15) is 0 Å². The summed E-state index contributed by atoms with van der Waals surface area (Å²) in [7, 11) is 0. The van der Waals surface area contributed by atoms with Gasteiger partial charge in [-0.05, 0) is 68.6 Å². The Labute approximate surface area is 151 Å². The van der Waals surface area contributed by atoms with E-state index in [2.05, 4.69) is 5.32 Å². The van der Waals surface area contributed by atoms with Crippen LogP contribution in [0.2, 0.25) is 0 Å². The van der Waals surface area contributed by atoms with Gasteiger partial charge in [0.05, 0.1) is 0 Å². The molecule has 4 nitrogen and oxygen atoms in total. The van der Waals surface area contributed by atoms with Crippen LogP contribution in [0.3, 0.4) is 0 Å². The molecule has 5 aliphatic carbocycles. The summed E-state index contributed by atoms with van der Waals surface area (Å²) in [4.78, 5) is 24.3. The summed E-state index contributed by atoms with van der Waals surface area (Å²) < 4.78 is 5.26. The molecule has 5 rings (SSSR count). The van der Waals surface area contributed by atoms with Crippen molar-refractivity contribution < 1.29 is 14.3 Å². The van der Waals surface area contributed by atoms with E-state index in [1.807, 2.05) is 0 Å².